The number of Topliss-reactive ketones (excluding diaryl/α,β-unsaturated/α-hetero) is 1. The van der Waals surface area contributed by atoms with Crippen molar-refractivity contribution in [2.75, 3.05) is 11.4 Å². The van der Waals surface area contributed by atoms with Crippen LogP contribution < -0.4 is 19.7 Å². The number of aromatic amines is 3. The van der Waals surface area contributed by atoms with Crippen molar-refractivity contribution in [3.8, 4) is 0 Å². The number of anilines is 1. The highest BCUT2D eigenvalue weighted by atomic mass is 35.5. The van der Waals surface area contributed by atoms with Crippen molar-refractivity contribution in [1.29, 1.82) is 0 Å². The molecule has 13 aromatic rings. The molecular weight excluding hydrogens is 1490 g/mol. The predicted molar refractivity (Wildman–Crippen MR) is 464 cm³/mol. The summed E-state index contributed by atoms with van der Waals surface area (Å²) in [5.41, 5.74) is 13.9. The Hall–Kier alpha value is -7.40. The molecule has 3 N–H and O–H groups in total. The molecule has 8 heterocycles. The molecular formula is C88H113Cl6N11O2S+2. The molecule has 108 heavy (non-hydrogen) atoms. The summed E-state index contributed by atoms with van der Waals surface area (Å²) in [6, 6.07) is 46.6. The van der Waals surface area contributed by atoms with Crippen LogP contribution in [0.1, 0.15) is 195 Å². The number of rotatable bonds is 1. The molecule has 0 radical (unpaired) electrons. The Bertz CT molecular complexity index is 5040. The molecule has 1 aliphatic rings. The predicted octanol–water partition coefficient (Wildman–Crippen LogP) is 25.0. The minimum atomic E-state index is -0.184. The van der Waals surface area contributed by atoms with Gasteiger partial charge in [-0.1, -0.05) is 179 Å². The number of pyridine rings is 1. The van der Waals surface area contributed by atoms with E-state index in [4.69, 9.17) is 69.6 Å². The maximum absolute atomic E-state index is 11.7. The van der Waals surface area contributed by atoms with Gasteiger partial charge < -0.3 is 19.0 Å². The maximum atomic E-state index is 11.7. The number of aryl methyl sites for hydroxylation is 1. The quantitative estimate of drug-likeness (QED) is 0.141. The van der Waals surface area contributed by atoms with Gasteiger partial charge in [0.15, 0.2) is 27.9 Å². The number of nitrogens with one attached hydrogen (secondary N) is 3. The maximum Gasteiger partial charge on any atom is 0.326 e. The van der Waals surface area contributed by atoms with Gasteiger partial charge >= 0.3 is 5.69 Å². The third-order valence-electron chi connectivity index (χ3n) is 17.7. The van der Waals surface area contributed by atoms with Gasteiger partial charge in [0.1, 0.15) is 15.4 Å². The number of aromatic nitrogens is 10. The van der Waals surface area contributed by atoms with Crippen LogP contribution in [0.3, 0.4) is 0 Å². The zero-order chi connectivity index (χ0) is 80.6. The second-order valence-electron chi connectivity index (χ2n) is 35.1. The van der Waals surface area contributed by atoms with Crippen LogP contribution in [0.5, 0.6) is 0 Å². The lowest BCUT2D eigenvalue weighted by Gasteiger charge is -2.40. The van der Waals surface area contributed by atoms with Crippen LogP contribution in [0.4, 0.5) is 5.69 Å². The monoisotopic (exact) mass is 1600 g/mol. The number of thiazole rings is 1. The van der Waals surface area contributed by atoms with Gasteiger partial charge in [0.25, 0.3) is 0 Å². The van der Waals surface area contributed by atoms with Crippen LogP contribution in [-0.4, -0.2) is 56.5 Å². The molecule has 14 rings (SSSR count). The highest BCUT2D eigenvalue weighted by molar-refractivity contribution is 7.15. The minimum absolute atomic E-state index is 0.00613. The van der Waals surface area contributed by atoms with E-state index in [1.165, 1.54) is 33.2 Å². The number of ketones is 1. The SMILES string of the molecule is CC(C)(C)N1CC(=O)Cc2ccccc21.CC(C)(C)[n+]1c[nH]c2cc(Cl)c(Cl)cc21.CC(C)(C)[n+]1c[nH]c2ccccc21.CC(C)(C)c1ncc(Cl)s1.CC(C)(C)n1c(=O)[nH]c2ccccc21.CC(C)(C)n1ccc2cc(Cl)c(Cl)cc21.CC(C)(C)n1ccc2ccccc21.CCc1cc(C(C)(C)C)ncc1Cl. The number of hydrogen-bond donors (Lipinski definition) is 3. The van der Waals surface area contributed by atoms with Crippen LogP contribution in [0.25, 0.3) is 54.9 Å². The molecule has 0 saturated carbocycles. The Morgan fingerprint density at radius 1 is 0.463 bits per heavy atom. The van der Waals surface area contributed by atoms with E-state index >= 15 is 0 Å². The molecule has 13 nitrogen and oxygen atoms in total. The van der Waals surface area contributed by atoms with Crippen LogP contribution in [0.15, 0.2) is 182 Å². The van der Waals surface area contributed by atoms with Crippen molar-refractivity contribution in [3.05, 3.63) is 239 Å². The molecule has 0 saturated heterocycles. The first-order valence-electron chi connectivity index (χ1n) is 36.6. The van der Waals surface area contributed by atoms with Crippen molar-refractivity contribution in [3.63, 3.8) is 0 Å². The third kappa shape index (κ3) is 23.3. The Balaban J connectivity index is 0.000000172. The van der Waals surface area contributed by atoms with E-state index in [0.29, 0.717) is 38.8 Å². The smallest absolute Gasteiger partial charge is 0.326 e. The van der Waals surface area contributed by atoms with Gasteiger partial charge in [-0.2, -0.15) is 0 Å². The number of benzene rings is 6. The van der Waals surface area contributed by atoms with Gasteiger partial charge in [-0.25, -0.2) is 28.9 Å². The first kappa shape index (κ1) is 87.8. The lowest BCUT2D eigenvalue weighted by Crippen LogP contribution is -2.49. The van der Waals surface area contributed by atoms with E-state index in [2.05, 4.69) is 280 Å². The molecule has 6 aromatic carbocycles. The van der Waals surface area contributed by atoms with Crippen molar-refractivity contribution < 1.29 is 13.9 Å². The van der Waals surface area contributed by atoms with Gasteiger partial charge in [0.05, 0.1) is 59.4 Å². The molecule has 1 aliphatic heterocycles. The number of imidazole rings is 3. The zero-order valence-corrected chi connectivity index (χ0v) is 73.3. The summed E-state index contributed by atoms with van der Waals surface area (Å²) in [7, 11) is 0. The minimum Gasteiger partial charge on any atom is -0.359 e. The molecule has 7 aromatic heterocycles. The molecule has 0 amide bonds. The Kier molecular flexibility index (Phi) is 28.7. The average molecular weight is 1600 g/mol. The van der Waals surface area contributed by atoms with E-state index in [0.717, 1.165) is 65.0 Å². The molecule has 0 spiro atoms. The normalized spacial score (nSPS) is 12.8. The molecule has 578 valence electrons. The van der Waals surface area contributed by atoms with Gasteiger partial charge in [-0.15, -0.1) is 11.3 Å². The van der Waals surface area contributed by atoms with Crippen LogP contribution in [0.2, 0.25) is 29.4 Å². The number of fused-ring (bicyclic) bond motifs is 6. The highest BCUT2D eigenvalue weighted by Gasteiger charge is 2.31. The van der Waals surface area contributed by atoms with Gasteiger partial charge in [0.2, 0.25) is 12.7 Å². The topological polar surface area (TPSA) is 133 Å². The number of halogens is 6. The van der Waals surface area contributed by atoms with Crippen molar-refractivity contribution in [1.82, 2.24) is 38.6 Å². The van der Waals surface area contributed by atoms with Gasteiger partial charge in [0, 0.05) is 92.4 Å². The largest absolute Gasteiger partial charge is 0.359 e. The number of carbonyl (C=O) groups excluding carboxylic acids is 1. The summed E-state index contributed by atoms with van der Waals surface area (Å²) < 4.78 is 11.5. The number of para-hydroxylation sites is 6. The van der Waals surface area contributed by atoms with Crippen LogP contribution in [0, 0.1) is 0 Å². The lowest BCUT2D eigenvalue weighted by atomic mass is 9.90. The number of nitrogens with zero attached hydrogens (tertiary/aromatic N) is 8. The summed E-state index contributed by atoms with van der Waals surface area (Å²) in [4.78, 5) is 43.3. The second-order valence-corrected chi connectivity index (χ2v) is 38.8. The fraction of sp³-hybridized carbons (Fsp3) is 0.409. The number of H-pyrrole nitrogens is 3. The number of carbonyl (C=O) groups is 1. The first-order chi connectivity index (χ1) is 49.9. The fourth-order valence-corrected chi connectivity index (χ4v) is 13.9. The van der Waals surface area contributed by atoms with Gasteiger partial charge in [-0.05, 0) is 214 Å². The van der Waals surface area contributed by atoms with Crippen LogP contribution in [-0.2, 0) is 56.2 Å². The summed E-state index contributed by atoms with van der Waals surface area (Å²) in [5, 5.41) is 6.68. The van der Waals surface area contributed by atoms with Crippen molar-refractivity contribution >= 4 is 147 Å². The Labute approximate surface area is 675 Å². The second kappa shape index (κ2) is 35.3. The van der Waals surface area contributed by atoms with E-state index < -0.39 is 0 Å². The summed E-state index contributed by atoms with van der Waals surface area (Å²) in [6.45, 7) is 54.2. The molecule has 0 unspecified atom stereocenters. The fourth-order valence-electron chi connectivity index (χ4n) is 12.1. The van der Waals surface area contributed by atoms with Crippen molar-refractivity contribution in [2.45, 2.75) is 230 Å². The summed E-state index contributed by atoms with van der Waals surface area (Å²) in [5.74, 6) is 0.309. The first-order valence-corrected chi connectivity index (χ1v) is 39.7. The standard InChI is InChI=1S/C13H17NO.C12H13Cl2N.C12H15N.C11H12Cl2N2.C11H16ClN.C11H14N2O.C11H14N2.C7H10ClNS/c1-13(2,3)14-9-11(15)8-10-6-4-5-7-12(10)14;1-12(2,3)15-5-4-8-6-9(13)10(14)7-11(8)15;1-12(2,3)13-9-8-10-6-4-5-7-11(10)13;1-11(2,3)15-6-14-9-4-7(12)8(13)5-10(9)15;1-5-8-6-10(11(2,3)4)13-7-9(8)12;1-11(2,3)13-9-7-5-4-6-8(9)12-10(13)14;1-11(2,3)13-8-12-9-6-4-5-7-10(9)13;1-7(2,3)6-9-4-5(8)10-6/h4-7H,8-9H2,1-3H3;4-7H,1-3H3;4-9H,1-3H3;4-6H,1-3H3;6-7H,5H2,1-4H3;4-7H,1-3H3,(H,12,14);4-8H,1-3H3;4H,1-3H3/p+2. The molecule has 0 fully saturated rings. The third-order valence-corrected chi connectivity index (χ3v) is 21.0. The molecule has 0 bridgehead atoms. The Morgan fingerprint density at radius 3 is 1.52 bits per heavy atom. The van der Waals surface area contributed by atoms with Crippen molar-refractivity contribution in [2.24, 2.45) is 0 Å². The Morgan fingerprint density at radius 2 is 0.972 bits per heavy atom. The summed E-state index contributed by atoms with van der Waals surface area (Å²) >= 11 is 37.2. The highest BCUT2D eigenvalue weighted by Crippen LogP contribution is 2.35. The van der Waals surface area contributed by atoms with E-state index in [9.17, 15) is 9.59 Å². The molecule has 0 atom stereocenters. The summed E-state index contributed by atoms with van der Waals surface area (Å²) in [6.07, 6.45) is 13.2. The average Bonchev–Trinajstić information content (AvgIpc) is 1.66. The number of hydrogen-bond acceptors (Lipinski definition) is 6. The van der Waals surface area contributed by atoms with Crippen LogP contribution >= 0.6 is 80.9 Å². The van der Waals surface area contributed by atoms with E-state index in [1.54, 1.807) is 28.3 Å². The zero-order valence-electron chi connectivity index (χ0n) is 67.9. The van der Waals surface area contributed by atoms with E-state index in [-0.39, 0.29) is 49.8 Å². The molecule has 20 heteroatoms. The lowest BCUT2D eigenvalue weighted by molar-refractivity contribution is -0.730. The van der Waals surface area contributed by atoms with Gasteiger partial charge in [-0.3, -0.25) is 14.3 Å². The van der Waals surface area contributed by atoms with E-state index in [1.807, 2.05) is 106 Å². The molecule has 0 aliphatic carbocycles.